The molecule has 0 saturated heterocycles. The van der Waals surface area contributed by atoms with Crippen molar-refractivity contribution in [2.24, 2.45) is 0 Å². The molecule has 0 spiro atoms. The summed E-state index contributed by atoms with van der Waals surface area (Å²) in [6.07, 6.45) is 1.67. The van der Waals surface area contributed by atoms with E-state index in [2.05, 4.69) is 21.8 Å². The fraction of sp³-hybridized carbons (Fsp3) is 0.385. The van der Waals surface area contributed by atoms with E-state index in [9.17, 15) is 0 Å². The summed E-state index contributed by atoms with van der Waals surface area (Å²) < 4.78 is 5.37. The summed E-state index contributed by atoms with van der Waals surface area (Å²) in [4.78, 5) is 10.7. The molecule has 4 nitrogen and oxygen atoms in total. The average molecular weight is 266 g/mol. The molecular weight excluding hydrogens is 250 g/mol. The lowest BCUT2D eigenvalue weighted by molar-refractivity contribution is 0.502. The van der Waals surface area contributed by atoms with E-state index in [1.165, 1.54) is 0 Å². The lowest BCUT2D eigenvalue weighted by Crippen LogP contribution is -2.24. The predicted octanol–water partition coefficient (Wildman–Crippen LogP) is 3.37. The molecule has 0 amide bonds. The zero-order chi connectivity index (χ0) is 13.1. The molecule has 2 aromatic rings. The van der Waals surface area contributed by atoms with Gasteiger partial charge in [0, 0.05) is 12.1 Å². The SMILES string of the molecule is CCN(Cc1ccco1)c1nc(C)nc(Cl)c1C. The summed E-state index contributed by atoms with van der Waals surface area (Å²) >= 11 is 6.10. The summed E-state index contributed by atoms with van der Waals surface area (Å²) in [5.74, 6) is 2.45. The second kappa shape index (κ2) is 5.40. The lowest BCUT2D eigenvalue weighted by Gasteiger charge is -2.23. The third-order valence-electron chi connectivity index (χ3n) is 2.78. The quantitative estimate of drug-likeness (QED) is 0.795. The zero-order valence-corrected chi connectivity index (χ0v) is 11.5. The normalized spacial score (nSPS) is 10.7. The van der Waals surface area contributed by atoms with E-state index >= 15 is 0 Å². The Kier molecular flexibility index (Phi) is 3.87. The smallest absolute Gasteiger partial charge is 0.137 e. The summed E-state index contributed by atoms with van der Waals surface area (Å²) in [5.41, 5.74) is 0.899. The number of furan rings is 1. The number of hydrogen-bond acceptors (Lipinski definition) is 4. The molecule has 96 valence electrons. The minimum atomic E-state index is 0.510. The molecule has 0 aromatic carbocycles. The Bertz CT molecular complexity index is 525. The third-order valence-corrected chi connectivity index (χ3v) is 3.15. The van der Waals surface area contributed by atoms with E-state index < -0.39 is 0 Å². The van der Waals surface area contributed by atoms with Gasteiger partial charge in [0.05, 0.1) is 12.8 Å². The molecule has 0 aliphatic heterocycles. The number of hydrogen-bond donors (Lipinski definition) is 0. The molecule has 0 radical (unpaired) electrons. The Labute approximate surface area is 112 Å². The predicted molar refractivity (Wildman–Crippen MR) is 71.9 cm³/mol. The zero-order valence-electron chi connectivity index (χ0n) is 10.8. The molecule has 2 aromatic heterocycles. The second-order valence-corrected chi connectivity index (χ2v) is 4.46. The van der Waals surface area contributed by atoms with Crippen LogP contribution in [0.3, 0.4) is 0 Å². The van der Waals surface area contributed by atoms with Crippen LogP contribution in [-0.4, -0.2) is 16.5 Å². The first kappa shape index (κ1) is 12.9. The van der Waals surface area contributed by atoms with Crippen LogP contribution >= 0.6 is 11.6 Å². The van der Waals surface area contributed by atoms with E-state index in [1.807, 2.05) is 26.0 Å². The van der Waals surface area contributed by atoms with Crippen LogP contribution in [0.4, 0.5) is 5.82 Å². The molecule has 0 bridgehead atoms. The summed E-state index contributed by atoms with van der Waals surface area (Å²) in [7, 11) is 0. The molecule has 0 fully saturated rings. The number of aromatic nitrogens is 2. The molecule has 18 heavy (non-hydrogen) atoms. The standard InChI is InChI=1S/C13H16ClN3O/c1-4-17(8-11-6-5-7-18-11)13-9(2)12(14)15-10(3)16-13/h5-7H,4,8H2,1-3H3. The van der Waals surface area contributed by atoms with Crippen LogP contribution in [0.25, 0.3) is 0 Å². The van der Waals surface area contributed by atoms with Gasteiger partial charge in [0.2, 0.25) is 0 Å². The molecule has 5 heteroatoms. The number of rotatable bonds is 4. The Balaban J connectivity index is 2.32. The van der Waals surface area contributed by atoms with Crippen molar-refractivity contribution in [2.75, 3.05) is 11.4 Å². The van der Waals surface area contributed by atoms with Crippen molar-refractivity contribution in [3.8, 4) is 0 Å². The molecule has 0 N–H and O–H groups in total. The van der Waals surface area contributed by atoms with Gasteiger partial charge in [-0.2, -0.15) is 0 Å². The van der Waals surface area contributed by atoms with E-state index in [-0.39, 0.29) is 0 Å². The van der Waals surface area contributed by atoms with Gasteiger partial charge in [0.25, 0.3) is 0 Å². The minimum Gasteiger partial charge on any atom is -0.467 e. The maximum atomic E-state index is 6.10. The number of halogens is 1. The van der Waals surface area contributed by atoms with Gasteiger partial charge in [0.1, 0.15) is 22.6 Å². The molecule has 0 aliphatic rings. The lowest BCUT2D eigenvalue weighted by atomic mass is 10.3. The summed E-state index contributed by atoms with van der Waals surface area (Å²) in [6, 6.07) is 3.84. The number of anilines is 1. The molecule has 2 rings (SSSR count). The van der Waals surface area contributed by atoms with Crippen LogP contribution in [0.1, 0.15) is 24.1 Å². The third kappa shape index (κ3) is 2.64. The fourth-order valence-electron chi connectivity index (χ4n) is 1.82. The Morgan fingerprint density at radius 2 is 2.11 bits per heavy atom. The second-order valence-electron chi connectivity index (χ2n) is 4.10. The van der Waals surface area contributed by atoms with Gasteiger partial charge >= 0.3 is 0 Å². The Morgan fingerprint density at radius 1 is 1.33 bits per heavy atom. The van der Waals surface area contributed by atoms with Crippen molar-refractivity contribution in [1.82, 2.24) is 9.97 Å². The molecule has 0 atom stereocenters. The number of aryl methyl sites for hydroxylation is 1. The van der Waals surface area contributed by atoms with Crippen molar-refractivity contribution in [1.29, 1.82) is 0 Å². The van der Waals surface area contributed by atoms with Gasteiger partial charge in [-0.05, 0) is 32.9 Å². The monoisotopic (exact) mass is 265 g/mol. The summed E-state index contributed by atoms with van der Waals surface area (Å²) in [5, 5.41) is 0.510. The maximum Gasteiger partial charge on any atom is 0.137 e. The van der Waals surface area contributed by atoms with E-state index in [4.69, 9.17) is 16.0 Å². The van der Waals surface area contributed by atoms with Gasteiger partial charge in [0.15, 0.2) is 0 Å². The van der Waals surface area contributed by atoms with Crippen molar-refractivity contribution < 1.29 is 4.42 Å². The van der Waals surface area contributed by atoms with Gasteiger partial charge in [-0.25, -0.2) is 9.97 Å². The van der Waals surface area contributed by atoms with Crippen molar-refractivity contribution in [3.63, 3.8) is 0 Å². The van der Waals surface area contributed by atoms with Crippen LogP contribution in [0.5, 0.6) is 0 Å². The first-order valence-corrected chi connectivity index (χ1v) is 6.27. The van der Waals surface area contributed by atoms with E-state index in [1.54, 1.807) is 6.26 Å². The van der Waals surface area contributed by atoms with Gasteiger partial charge in [-0.3, -0.25) is 0 Å². The van der Waals surface area contributed by atoms with Crippen molar-refractivity contribution in [2.45, 2.75) is 27.3 Å². The topological polar surface area (TPSA) is 42.2 Å². The highest BCUT2D eigenvalue weighted by Crippen LogP contribution is 2.24. The van der Waals surface area contributed by atoms with Crippen LogP contribution in [0.2, 0.25) is 5.15 Å². The summed E-state index contributed by atoms with van der Waals surface area (Å²) in [6.45, 7) is 7.36. The van der Waals surface area contributed by atoms with Crippen LogP contribution in [0.15, 0.2) is 22.8 Å². The van der Waals surface area contributed by atoms with Gasteiger partial charge in [-0.15, -0.1) is 0 Å². The highest BCUT2D eigenvalue weighted by molar-refractivity contribution is 6.30. The maximum absolute atomic E-state index is 6.10. The highest BCUT2D eigenvalue weighted by Gasteiger charge is 2.14. The van der Waals surface area contributed by atoms with Gasteiger partial charge < -0.3 is 9.32 Å². The van der Waals surface area contributed by atoms with Crippen LogP contribution < -0.4 is 4.90 Å². The van der Waals surface area contributed by atoms with Crippen LogP contribution in [0, 0.1) is 13.8 Å². The van der Waals surface area contributed by atoms with E-state index in [0.29, 0.717) is 17.5 Å². The molecule has 0 saturated carbocycles. The molecule has 2 heterocycles. The first-order chi connectivity index (χ1) is 8.61. The highest BCUT2D eigenvalue weighted by atomic mass is 35.5. The van der Waals surface area contributed by atoms with Gasteiger partial charge in [-0.1, -0.05) is 11.6 Å². The number of nitrogens with zero attached hydrogens (tertiary/aromatic N) is 3. The molecule has 0 aliphatic carbocycles. The largest absolute Gasteiger partial charge is 0.467 e. The van der Waals surface area contributed by atoms with E-state index in [0.717, 1.165) is 23.7 Å². The first-order valence-electron chi connectivity index (χ1n) is 5.90. The van der Waals surface area contributed by atoms with Crippen molar-refractivity contribution >= 4 is 17.4 Å². The Morgan fingerprint density at radius 3 is 2.72 bits per heavy atom. The van der Waals surface area contributed by atoms with Crippen molar-refractivity contribution in [3.05, 3.63) is 40.7 Å². The average Bonchev–Trinajstić information content (AvgIpc) is 2.84. The minimum absolute atomic E-state index is 0.510. The van der Waals surface area contributed by atoms with Crippen LogP contribution in [-0.2, 0) is 6.54 Å². The molecule has 0 unspecified atom stereocenters. The Hall–Kier alpha value is -1.55. The molecular formula is C13H16ClN3O. The fourth-order valence-corrected chi connectivity index (χ4v) is 2.02.